The number of amides is 1. The highest BCUT2D eigenvalue weighted by Crippen LogP contribution is 2.33. The summed E-state index contributed by atoms with van der Waals surface area (Å²) in [5.74, 6) is 0.600. The van der Waals surface area contributed by atoms with E-state index in [1.807, 2.05) is 24.3 Å². The summed E-state index contributed by atoms with van der Waals surface area (Å²) < 4.78 is 5.39. The minimum atomic E-state index is -0.249. The summed E-state index contributed by atoms with van der Waals surface area (Å²) in [6.07, 6.45) is 4.78. The van der Waals surface area contributed by atoms with Crippen LogP contribution in [0, 0.1) is 5.41 Å². The van der Waals surface area contributed by atoms with E-state index in [9.17, 15) is 4.79 Å². The van der Waals surface area contributed by atoms with Gasteiger partial charge in [0.25, 0.3) is 0 Å². The first kappa shape index (κ1) is 13.7. The summed E-state index contributed by atoms with van der Waals surface area (Å²) in [4.78, 5) is 13.9. The Bertz CT molecular complexity index is 443. The molecule has 3 nitrogen and oxygen atoms in total. The van der Waals surface area contributed by atoms with Gasteiger partial charge in [-0.3, -0.25) is 0 Å². The normalized spacial score (nSPS) is 22.9. The molecule has 1 atom stereocenters. The van der Waals surface area contributed by atoms with Gasteiger partial charge in [-0.15, -0.1) is 6.58 Å². The van der Waals surface area contributed by atoms with E-state index in [2.05, 4.69) is 13.5 Å². The van der Waals surface area contributed by atoms with Gasteiger partial charge >= 0.3 is 6.09 Å². The van der Waals surface area contributed by atoms with E-state index in [4.69, 9.17) is 4.74 Å². The van der Waals surface area contributed by atoms with Crippen molar-refractivity contribution in [1.29, 1.82) is 0 Å². The standard InChI is InChI=1S/C16H21NO2/c1-3-10-16(2)11-7-12-17(13-16)15(18)19-14-8-5-4-6-9-14/h3-6,8-9H,1,7,10-13H2,2H3. The largest absolute Gasteiger partial charge is 0.415 e. The van der Waals surface area contributed by atoms with Gasteiger partial charge in [0.1, 0.15) is 5.75 Å². The fraction of sp³-hybridized carbons (Fsp3) is 0.438. The Morgan fingerprint density at radius 1 is 1.47 bits per heavy atom. The molecule has 1 amide bonds. The van der Waals surface area contributed by atoms with Gasteiger partial charge in [0, 0.05) is 13.1 Å². The molecule has 0 saturated carbocycles. The van der Waals surface area contributed by atoms with Crippen LogP contribution in [-0.4, -0.2) is 24.1 Å². The molecule has 0 aromatic heterocycles. The third kappa shape index (κ3) is 3.60. The lowest BCUT2D eigenvalue weighted by Gasteiger charge is -2.39. The topological polar surface area (TPSA) is 29.5 Å². The van der Waals surface area contributed by atoms with E-state index in [1.54, 1.807) is 17.0 Å². The molecule has 3 heteroatoms. The lowest BCUT2D eigenvalue weighted by atomic mass is 9.79. The zero-order chi connectivity index (χ0) is 13.7. The van der Waals surface area contributed by atoms with E-state index in [0.717, 1.165) is 32.4 Å². The van der Waals surface area contributed by atoms with Crippen molar-refractivity contribution < 1.29 is 9.53 Å². The second-order valence-corrected chi connectivity index (χ2v) is 5.51. The van der Waals surface area contributed by atoms with Crippen LogP contribution in [0.5, 0.6) is 5.75 Å². The fourth-order valence-corrected chi connectivity index (χ4v) is 2.64. The van der Waals surface area contributed by atoms with Crippen LogP contribution in [0.25, 0.3) is 0 Å². The Labute approximate surface area is 114 Å². The number of piperidine rings is 1. The first-order chi connectivity index (χ1) is 9.13. The predicted octanol–water partition coefficient (Wildman–Crippen LogP) is 3.86. The number of ether oxygens (including phenoxy) is 1. The molecule has 1 aromatic carbocycles. The van der Waals surface area contributed by atoms with Crippen molar-refractivity contribution in [3.63, 3.8) is 0 Å². The molecule has 2 rings (SSSR count). The number of benzene rings is 1. The minimum absolute atomic E-state index is 0.135. The summed E-state index contributed by atoms with van der Waals surface area (Å²) in [5.41, 5.74) is 0.135. The van der Waals surface area contributed by atoms with Crippen molar-refractivity contribution in [2.75, 3.05) is 13.1 Å². The molecular weight excluding hydrogens is 238 g/mol. The van der Waals surface area contributed by atoms with Gasteiger partial charge in [0.2, 0.25) is 0 Å². The van der Waals surface area contributed by atoms with Gasteiger partial charge in [-0.05, 0) is 36.8 Å². The Kier molecular flexibility index (Phi) is 4.25. The highest BCUT2D eigenvalue weighted by atomic mass is 16.6. The van der Waals surface area contributed by atoms with Crippen molar-refractivity contribution >= 4 is 6.09 Å². The number of hydrogen-bond acceptors (Lipinski definition) is 2. The Hall–Kier alpha value is -1.77. The van der Waals surface area contributed by atoms with Gasteiger partial charge in [0.05, 0.1) is 0 Å². The predicted molar refractivity (Wildman–Crippen MR) is 76.2 cm³/mol. The molecule has 0 bridgehead atoms. The number of allylic oxidation sites excluding steroid dienone is 1. The molecule has 1 heterocycles. The van der Waals surface area contributed by atoms with Crippen molar-refractivity contribution in [2.24, 2.45) is 5.41 Å². The number of carbonyl (C=O) groups is 1. The molecule has 0 spiro atoms. The summed E-state index contributed by atoms with van der Waals surface area (Å²) in [6, 6.07) is 9.22. The maximum absolute atomic E-state index is 12.1. The zero-order valence-electron chi connectivity index (χ0n) is 11.5. The lowest BCUT2D eigenvalue weighted by molar-refractivity contribution is 0.0926. The average molecular weight is 259 g/mol. The molecule has 1 aromatic rings. The summed E-state index contributed by atoms with van der Waals surface area (Å²) in [7, 11) is 0. The third-order valence-electron chi connectivity index (χ3n) is 3.62. The first-order valence-electron chi connectivity index (χ1n) is 6.76. The van der Waals surface area contributed by atoms with Crippen LogP contribution in [0.15, 0.2) is 43.0 Å². The van der Waals surface area contributed by atoms with Crippen LogP contribution in [0.3, 0.4) is 0 Å². The zero-order valence-corrected chi connectivity index (χ0v) is 11.5. The number of para-hydroxylation sites is 1. The van der Waals surface area contributed by atoms with Crippen LogP contribution in [0.4, 0.5) is 4.79 Å². The van der Waals surface area contributed by atoms with Crippen molar-refractivity contribution in [2.45, 2.75) is 26.2 Å². The number of rotatable bonds is 3. The second-order valence-electron chi connectivity index (χ2n) is 5.51. The number of hydrogen-bond donors (Lipinski definition) is 0. The monoisotopic (exact) mass is 259 g/mol. The maximum atomic E-state index is 12.1. The second kappa shape index (κ2) is 5.91. The molecule has 19 heavy (non-hydrogen) atoms. The van der Waals surface area contributed by atoms with Gasteiger partial charge in [0.15, 0.2) is 0 Å². The fourth-order valence-electron chi connectivity index (χ4n) is 2.64. The Morgan fingerprint density at radius 2 is 2.21 bits per heavy atom. The maximum Gasteiger partial charge on any atom is 0.415 e. The Balaban J connectivity index is 1.97. The average Bonchev–Trinajstić information content (AvgIpc) is 2.40. The minimum Gasteiger partial charge on any atom is -0.410 e. The third-order valence-corrected chi connectivity index (χ3v) is 3.62. The molecular formula is C16H21NO2. The van der Waals surface area contributed by atoms with E-state index in [1.165, 1.54) is 0 Å². The van der Waals surface area contributed by atoms with E-state index in [0.29, 0.717) is 5.75 Å². The quantitative estimate of drug-likeness (QED) is 0.771. The van der Waals surface area contributed by atoms with Crippen molar-refractivity contribution in [3.05, 3.63) is 43.0 Å². The molecule has 0 N–H and O–H groups in total. The lowest BCUT2D eigenvalue weighted by Crippen LogP contribution is -2.45. The summed E-state index contributed by atoms with van der Waals surface area (Å²) >= 11 is 0. The molecule has 1 saturated heterocycles. The molecule has 0 aliphatic carbocycles. The van der Waals surface area contributed by atoms with Crippen molar-refractivity contribution in [3.8, 4) is 5.75 Å². The molecule has 1 aliphatic rings. The smallest absolute Gasteiger partial charge is 0.410 e. The molecule has 1 fully saturated rings. The number of carbonyl (C=O) groups excluding carboxylic acids is 1. The van der Waals surface area contributed by atoms with Crippen LogP contribution in [0.2, 0.25) is 0 Å². The van der Waals surface area contributed by atoms with Gasteiger partial charge in [-0.1, -0.05) is 31.2 Å². The van der Waals surface area contributed by atoms with Gasteiger partial charge in [-0.25, -0.2) is 4.79 Å². The number of likely N-dealkylation sites (tertiary alicyclic amines) is 1. The molecule has 1 aliphatic heterocycles. The van der Waals surface area contributed by atoms with Gasteiger partial charge < -0.3 is 9.64 Å². The number of nitrogens with zero attached hydrogens (tertiary/aromatic N) is 1. The van der Waals surface area contributed by atoms with E-state index < -0.39 is 0 Å². The van der Waals surface area contributed by atoms with E-state index in [-0.39, 0.29) is 11.5 Å². The van der Waals surface area contributed by atoms with Crippen molar-refractivity contribution in [1.82, 2.24) is 4.90 Å². The summed E-state index contributed by atoms with van der Waals surface area (Å²) in [6.45, 7) is 7.52. The highest BCUT2D eigenvalue weighted by molar-refractivity contribution is 5.70. The SMILES string of the molecule is C=CCC1(C)CCCN(C(=O)Oc2ccccc2)C1. The summed E-state index contributed by atoms with van der Waals surface area (Å²) in [5, 5.41) is 0. The first-order valence-corrected chi connectivity index (χ1v) is 6.76. The van der Waals surface area contributed by atoms with Crippen LogP contribution >= 0.6 is 0 Å². The highest BCUT2D eigenvalue weighted by Gasteiger charge is 2.32. The molecule has 102 valence electrons. The van der Waals surface area contributed by atoms with Crippen LogP contribution in [-0.2, 0) is 0 Å². The molecule has 0 radical (unpaired) electrons. The van der Waals surface area contributed by atoms with Crippen LogP contribution in [0.1, 0.15) is 26.2 Å². The molecule has 1 unspecified atom stereocenters. The Morgan fingerprint density at radius 3 is 2.89 bits per heavy atom. The van der Waals surface area contributed by atoms with Crippen LogP contribution < -0.4 is 4.74 Å². The van der Waals surface area contributed by atoms with Gasteiger partial charge in [-0.2, -0.15) is 0 Å². The van der Waals surface area contributed by atoms with E-state index >= 15 is 0 Å².